The van der Waals surface area contributed by atoms with E-state index in [0.29, 0.717) is 0 Å². The molecule has 0 radical (unpaired) electrons. The fourth-order valence-electron chi connectivity index (χ4n) is 4.96. The lowest BCUT2D eigenvalue weighted by molar-refractivity contribution is 0.765. The van der Waals surface area contributed by atoms with Gasteiger partial charge in [0.25, 0.3) is 0 Å². The highest BCUT2D eigenvalue weighted by molar-refractivity contribution is 5.99. The van der Waals surface area contributed by atoms with Crippen molar-refractivity contribution in [3.8, 4) is 22.3 Å². The molecule has 0 aliphatic heterocycles. The van der Waals surface area contributed by atoms with Crippen molar-refractivity contribution in [2.24, 2.45) is 0 Å². The quantitative estimate of drug-likeness (QED) is 0.349. The fraction of sp³-hybridized carbons (Fsp3) is 0.133. The summed E-state index contributed by atoms with van der Waals surface area (Å²) in [6.45, 7) is 0. The number of fused-ring (bicyclic) bond motifs is 1. The number of nitrogens with one attached hydrogen (secondary N) is 3. The molecule has 33 heavy (non-hydrogen) atoms. The first-order chi connectivity index (χ1) is 16.2. The van der Waals surface area contributed by atoms with Gasteiger partial charge in [-0.25, -0.2) is 0 Å². The van der Waals surface area contributed by atoms with E-state index in [1.807, 2.05) is 21.1 Å². The summed E-state index contributed by atoms with van der Waals surface area (Å²) in [5.41, 5.74) is 9.74. The van der Waals surface area contributed by atoms with Crippen LogP contribution < -0.4 is 16.0 Å². The Hall–Kier alpha value is -3.98. The summed E-state index contributed by atoms with van der Waals surface area (Å²) in [5, 5.41) is 12.8. The second kappa shape index (κ2) is 8.87. The molecule has 1 unspecified atom stereocenters. The maximum atomic E-state index is 3.46. The van der Waals surface area contributed by atoms with Crippen LogP contribution in [0.2, 0.25) is 0 Å². The van der Waals surface area contributed by atoms with Crippen molar-refractivity contribution in [1.82, 2.24) is 16.0 Å². The molecular weight excluding hydrogens is 402 g/mol. The molecule has 1 atom stereocenters. The summed E-state index contributed by atoms with van der Waals surface area (Å²) >= 11 is 0. The molecule has 0 saturated heterocycles. The summed E-state index contributed by atoms with van der Waals surface area (Å²) in [7, 11) is 5.98. The number of hydrogen-bond donors (Lipinski definition) is 3. The standard InChI is InChI=1S/C30H29N3/c1-31-26-19-27(32-2)30(33-3)29(26)25-18-17-22-11-7-8-12-24(22)28(25)23-15-13-21(14-16-23)20-9-5-4-6-10-20/h4-19,29,31-33H,1-3H3. The van der Waals surface area contributed by atoms with Gasteiger partial charge < -0.3 is 16.0 Å². The predicted molar refractivity (Wildman–Crippen MR) is 140 cm³/mol. The number of hydrogen-bond acceptors (Lipinski definition) is 3. The first kappa shape index (κ1) is 20.9. The fourth-order valence-corrected chi connectivity index (χ4v) is 4.96. The minimum absolute atomic E-state index is 0.107. The lowest BCUT2D eigenvalue weighted by atomic mass is 9.84. The lowest BCUT2D eigenvalue weighted by Gasteiger charge is -2.24. The zero-order valence-electron chi connectivity index (χ0n) is 19.3. The van der Waals surface area contributed by atoms with Gasteiger partial charge in [0, 0.05) is 32.5 Å². The zero-order valence-corrected chi connectivity index (χ0v) is 19.3. The molecule has 4 aromatic rings. The normalized spacial score (nSPS) is 15.5. The maximum absolute atomic E-state index is 3.46. The van der Waals surface area contributed by atoms with Crippen LogP contribution in [0.3, 0.4) is 0 Å². The topological polar surface area (TPSA) is 36.1 Å². The summed E-state index contributed by atoms with van der Waals surface area (Å²) in [4.78, 5) is 0. The van der Waals surface area contributed by atoms with Gasteiger partial charge in [0.05, 0.1) is 11.6 Å². The number of likely N-dealkylation sites (N-methyl/N-ethyl adjacent to an activating group) is 3. The zero-order chi connectivity index (χ0) is 22.8. The summed E-state index contributed by atoms with van der Waals surface area (Å²) < 4.78 is 0. The summed E-state index contributed by atoms with van der Waals surface area (Å²) in [6.07, 6.45) is 2.20. The van der Waals surface area contributed by atoms with Crippen molar-refractivity contribution in [2.45, 2.75) is 5.92 Å². The van der Waals surface area contributed by atoms with Gasteiger partial charge in [-0.15, -0.1) is 0 Å². The van der Waals surface area contributed by atoms with Crippen molar-refractivity contribution >= 4 is 10.8 Å². The van der Waals surface area contributed by atoms with Gasteiger partial charge in [-0.1, -0.05) is 91.0 Å². The molecule has 4 aromatic carbocycles. The van der Waals surface area contributed by atoms with E-state index in [0.717, 1.165) is 5.70 Å². The van der Waals surface area contributed by atoms with Crippen molar-refractivity contribution < 1.29 is 0 Å². The minimum atomic E-state index is 0.107. The predicted octanol–water partition coefficient (Wildman–Crippen LogP) is 6.02. The van der Waals surface area contributed by atoms with Gasteiger partial charge in [0.1, 0.15) is 0 Å². The van der Waals surface area contributed by atoms with Crippen molar-refractivity contribution in [3.63, 3.8) is 0 Å². The second-order valence-electron chi connectivity index (χ2n) is 8.30. The maximum Gasteiger partial charge on any atom is 0.0662 e. The molecule has 3 N–H and O–H groups in total. The molecule has 3 heteroatoms. The van der Waals surface area contributed by atoms with E-state index < -0.39 is 0 Å². The Bertz CT molecular complexity index is 1350. The van der Waals surface area contributed by atoms with Crippen LogP contribution in [0.5, 0.6) is 0 Å². The molecule has 0 heterocycles. The van der Waals surface area contributed by atoms with Gasteiger partial charge in [-0.3, -0.25) is 0 Å². The number of rotatable bonds is 6. The molecule has 1 aliphatic carbocycles. The monoisotopic (exact) mass is 431 g/mol. The highest BCUT2D eigenvalue weighted by Crippen LogP contribution is 2.43. The third-order valence-corrected chi connectivity index (χ3v) is 6.57. The van der Waals surface area contributed by atoms with E-state index in [9.17, 15) is 0 Å². The lowest BCUT2D eigenvalue weighted by Crippen LogP contribution is -2.22. The molecule has 0 amide bonds. The van der Waals surface area contributed by atoms with Gasteiger partial charge in [-0.05, 0) is 44.7 Å². The summed E-state index contributed by atoms with van der Waals surface area (Å²) in [5.74, 6) is 0.107. The molecule has 0 saturated carbocycles. The van der Waals surface area contributed by atoms with Crippen LogP contribution in [0.15, 0.2) is 114 Å². The first-order valence-electron chi connectivity index (χ1n) is 11.4. The van der Waals surface area contributed by atoms with Crippen LogP contribution in [-0.4, -0.2) is 21.1 Å². The van der Waals surface area contributed by atoms with Gasteiger partial charge in [0.2, 0.25) is 0 Å². The van der Waals surface area contributed by atoms with Crippen LogP contribution in [0.4, 0.5) is 0 Å². The Labute approximate surface area is 195 Å². The van der Waals surface area contributed by atoms with E-state index in [4.69, 9.17) is 0 Å². The van der Waals surface area contributed by atoms with Crippen LogP contribution in [-0.2, 0) is 0 Å². The van der Waals surface area contributed by atoms with E-state index in [-0.39, 0.29) is 5.92 Å². The molecule has 0 spiro atoms. The Morgan fingerprint density at radius 3 is 1.94 bits per heavy atom. The van der Waals surface area contributed by atoms with Crippen molar-refractivity contribution in [1.29, 1.82) is 0 Å². The van der Waals surface area contributed by atoms with Crippen LogP contribution in [0, 0.1) is 0 Å². The highest BCUT2D eigenvalue weighted by atomic mass is 15.0. The molecule has 0 bridgehead atoms. The van der Waals surface area contributed by atoms with Crippen LogP contribution >= 0.6 is 0 Å². The van der Waals surface area contributed by atoms with Gasteiger partial charge in [0.15, 0.2) is 0 Å². The third kappa shape index (κ3) is 3.66. The molecule has 5 rings (SSSR count). The van der Waals surface area contributed by atoms with Gasteiger partial charge >= 0.3 is 0 Å². The van der Waals surface area contributed by atoms with Crippen molar-refractivity contribution in [3.05, 3.63) is 120 Å². The third-order valence-electron chi connectivity index (χ3n) is 6.57. The summed E-state index contributed by atoms with van der Waals surface area (Å²) in [6, 6.07) is 32.7. The van der Waals surface area contributed by atoms with E-state index in [1.54, 1.807) is 0 Å². The SMILES string of the molecule is CNC1=CC(NC)=C(NC)C1c1ccc2ccccc2c1-c1ccc(-c2ccccc2)cc1. The van der Waals surface area contributed by atoms with E-state index >= 15 is 0 Å². The number of benzene rings is 4. The average molecular weight is 432 g/mol. The average Bonchev–Trinajstić information content (AvgIpc) is 3.26. The van der Waals surface area contributed by atoms with E-state index in [1.165, 1.54) is 50.0 Å². The molecule has 0 aromatic heterocycles. The molecule has 0 fully saturated rings. The number of allylic oxidation sites excluding steroid dienone is 1. The Kier molecular flexibility index (Phi) is 5.62. The Morgan fingerprint density at radius 2 is 1.24 bits per heavy atom. The second-order valence-corrected chi connectivity index (χ2v) is 8.30. The van der Waals surface area contributed by atoms with Crippen LogP contribution in [0.25, 0.3) is 33.0 Å². The smallest absolute Gasteiger partial charge is 0.0662 e. The molecule has 1 aliphatic rings. The molecule has 3 nitrogen and oxygen atoms in total. The Morgan fingerprint density at radius 1 is 0.576 bits per heavy atom. The van der Waals surface area contributed by atoms with Crippen LogP contribution in [0.1, 0.15) is 11.5 Å². The van der Waals surface area contributed by atoms with E-state index in [2.05, 4.69) is 113 Å². The Balaban J connectivity index is 1.71. The first-order valence-corrected chi connectivity index (χ1v) is 11.4. The highest BCUT2D eigenvalue weighted by Gasteiger charge is 2.30. The largest absolute Gasteiger partial charge is 0.391 e. The minimum Gasteiger partial charge on any atom is -0.391 e. The van der Waals surface area contributed by atoms with Gasteiger partial charge in [-0.2, -0.15) is 0 Å². The van der Waals surface area contributed by atoms with Crippen molar-refractivity contribution in [2.75, 3.05) is 21.1 Å². The molecular formula is C30H29N3. The molecule has 164 valence electrons.